The van der Waals surface area contributed by atoms with Gasteiger partial charge in [0.15, 0.2) is 5.96 Å². The Morgan fingerprint density at radius 2 is 2.04 bits per heavy atom. The van der Waals surface area contributed by atoms with E-state index in [4.69, 9.17) is 21.3 Å². The van der Waals surface area contributed by atoms with Gasteiger partial charge in [0.1, 0.15) is 0 Å². The highest BCUT2D eigenvalue weighted by molar-refractivity contribution is 6.30. The van der Waals surface area contributed by atoms with E-state index in [1.54, 1.807) is 0 Å². The second-order valence-corrected chi connectivity index (χ2v) is 8.37. The molecule has 4 nitrogen and oxygen atoms in total. The van der Waals surface area contributed by atoms with E-state index in [1.165, 1.54) is 31.2 Å². The average molecular weight is 362 g/mol. The van der Waals surface area contributed by atoms with Crippen molar-refractivity contribution in [1.82, 2.24) is 10.2 Å². The van der Waals surface area contributed by atoms with Crippen molar-refractivity contribution in [2.75, 3.05) is 39.4 Å². The van der Waals surface area contributed by atoms with Gasteiger partial charge in [-0.15, -0.1) is 0 Å². The fraction of sp³-hybridized carbons (Fsp3) is 0.650. The summed E-state index contributed by atoms with van der Waals surface area (Å²) in [6, 6.07) is 8.32. The zero-order valence-electron chi connectivity index (χ0n) is 15.1. The highest BCUT2D eigenvalue weighted by Gasteiger charge is 2.45. The van der Waals surface area contributed by atoms with Gasteiger partial charge in [-0.2, -0.15) is 0 Å². The van der Waals surface area contributed by atoms with Crippen LogP contribution < -0.4 is 5.32 Å². The zero-order valence-corrected chi connectivity index (χ0v) is 15.8. The topological polar surface area (TPSA) is 36.9 Å². The molecular weight excluding hydrogens is 334 g/mol. The Bertz CT molecular complexity index is 633. The van der Waals surface area contributed by atoms with Gasteiger partial charge >= 0.3 is 0 Å². The molecule has 1 aromatic rings. The molecule has 1 N–H and O–H groups in total. The van der Waals surface area contributed by atoms with Crippen LogP contribution in [-0.2, 0) is 10.2 Å². The van der Waals surface area contributed by atoms with Crippen LogP contribution in [0, 0.1) is 5.41 Å². The molecule has 25 heavy (non-hydrogen) atoms. The van der Waals surface area contributed by atoms with Gasteiger partial charge in [-0.1, -0.05) is 23.7 Å². The molecule has 0 bridgehead atoms. The third-order valence-electron chi connectivity index (χ3n) is 6.10. The predicted molar refractivity (Wildman–Crippen MR) is 102 cm³/mol. The number of hydrogen-bond acceptors (Lipinski definition) is 2. The molecule has 3 aliphatic rings. The van der Waals surface area contributed by atoms with E-state index in [1.807, 2.05) is 12.1 Å². The van der Waals surface area contributed by atoms with Crippen LogP contribution in [0.5, 0.6) is 0 Å². The van der Waals surface area contributed by atoms with Crippen LogP contribution in [0.3, 0.4) is 0 Å². The largest absolute Gasteiger partial charge is 0.381 e. The maximum absolute atomic E-state index is 6.04. The average Bonchev–Trinajstić information content (AvgIpc) is 3.09. The second kappa shape index (κ2) is 6.81. The Kier molecular flexibility index (Phi) is 4.67. The maximum atomic E-state index is 6.04. The van der Waals surface area contributed by atoms with Crippen LogP contribution >= 0.6 is 11.6 Å². The SMILES string of the molecule is CCNC(=NCC1(c2ccc(Cl)cc2)CC1)N1CCC2(CCOC2)C1. The van der Waals surface area contributed by atoms with Crippen molar-refractivity contribution < 1.29 is 4.74 Å². The first-order valence-electron chi connectivity index (χ1n) is 9.52. The van der Waals surface area contributed by atoms with Gasteiger partial charge in [0.25, 0.3) is 0 Å². The summed E-state index contributed by atoms with van der Waals surface area (Å²) in [5, 5.41) is 4.31. The normalized spacial score (nSPS) is 27.9. The molecule has 3 fully saturated rings. The molecule has 1 unspecified atom stereocenters. The summed E-state index contributed by atoms with van der Waals surface area (Å²) in [6.07, 6.45) is 4.85. The number of nitrogens with one attached hydrogen (secondary N) is 1. The second-order valence-electron chi connectivity index (χ2n) is 7.93. The van der Waals surface area contributed by atoms with Crippen LogP contribution in [-0.4, -0.2) is 50.3 Å². The van der Waals surface area contributed by atoms with Crippen LogP contribution in [0.15, 0.2) is 29.3 Å². The quantitative estimate of drug-likeness (QED) is 0.659. The lowest BCUT2D eigenvalue weighted by atomic mass is 9.87. The molecule has 1 atom stereocenters. The third kappa shape index (κ3) is 3.52. The van der Waals surface area contributed by atoms with Crippen LogP contribution in [0.2, 0.25) is 5.02 Å². The predicted octanol–water partition coefficient (Wildman–Crippen LogP) is 3.45. The van der Waals surface area contributed by atoms with Crippen molar-refractivity contribution >= 4 is 17.6 Å². The van der Waals surface area contributed by atoms with Crippen LogP contribution in [0.4, 0.5) is 0 Å². The molecule has 2 aliphatic heterocycles. The van der Waals surface area contributed by atoms with Crippen molar-refractivity contribution in [3.05, 3.63) is 34.9 Å². The monoisotopic (exact) mass is 361 g/mol. The van der Waals surface area contributed by atoms with Gasteiger partial charge in [-0.3, -0.25) is 4.99 Å². The minimum atomic E-state index is 0.221. The Hall–Kier alpha value is -1.26. The zero-order chi connectivity index (χ0) is 17.3. The molecule has 1 saturated carbocycles. The first-order chi connectivity index (χ1) is 12.1. The van der Waals surface area contributed by atoms with E-state index in [0.717, 1.165) is 50.4 Å². The van der Waals surface area contributed by atoms with Crippen LogP contribution in [0.25, 0.3) is 0 Å². The smallest absolute Gasteiger partial charge is 0.193 e. The summed E-state index contributed by atoms with van der Waals surface area (Å²) in [4.78, 5) is 7.48. The molecule has 1 aromatic carbocycles. The number of ether oxygens (including phenoxy) is 1. The number of likely N-dealkylation sites (tertiary alicyclic amines) is 1. The van der Waals surface area contributed by atoms with E-state index < -0.39 is 0 Å². The van der Waals surface area contributed by atoms with Gasteiger partial charge in [0.05, 0.1) is 13.2 Å². The van der Waals surface area contributed by atoms with Crippen molar-refractivity contribution in [3.8, 4) is 0 Å². The fourth-order valence-electron chi connectivity index (χ4n) is 4.23. The summed E-state index contributed by atoms with van der Waals surface area (Å²) in [5.74, 6) is 1.08. The standard InChI is InChI=1S/C20H28ClN3O/c1-2-22-18(24-11-9-19(14-24)10-12-25-15-19)23-13-20(7-8-20)16-3-5-17(21)6-4-16/h3-6H,2,7-15H2,1H3,(H,22,23). The van der Waals surface area contributed by atoms with E-state index in [-0.39, 0.29) is 5.41 Å². The molecule has 0 aromatic heterocycles. The lowest BCUT2D eigenvalue weighted by molar-refractivity contribution is 0.156. The Balaban J connectivity index is 1.46. The lowest BCUT2D eigenvalue weighted by Crippen LogP contribution is -2.42. The third-order valence-corrected chi connectivity index (χ3v) is 6.35. The summed E-state index contributed by atoms with van der Waals surface area (Å²) in [7, 11) is 0. The summed E-state index contributed by atoms with van der Waals surface area (Å²) < 4.78 is 5.66. The molecule has 1 aliphatic carbocycles. The number of aliphatic imine (C=N–C) groups is 1. The highest BCUT2D eigenvalue weighted by atomic mass is 35.5. The molecule has 2 heterocycles. The first kappa shape index (κ1) is 17.2. The minimum absolute atomic E-state index is 0.221. The summed E-state index contributed by atoms with van der Waals surface area (Å²) in [6.45, 7) is 7.91. The highest BCUT2D eigenvalue weighted by Crippen LogP contribution is 2.48. The van der Waals surface area contributed by atoms with Crippen molar-refractivity contribution in [2.45, 2.75) is 38.0 Å². The van der Waals surface area contributed by atoms with Gasteiger partial charge in [0, 0.05) is 42.1 Å². The van der Waals surface area contributed by atoms with Gasteiger partial charge in [-0.25, -0.2) is 0 Å². The number of halogens is 1. The van der Waals surface area contributed by atoms with E-state index in [9.17, 15) is 0 Å². The Morgan fingerprint density at radius 1 is 1.24 bits per heavy atom. The van der Waals surface area contributed by atoms with Gasteiger partial charge < -0.3 is 15.0 Å². The molecule has 0 amide bonds. The molecule has 5 heteroatoms. The molecule has 136 valence electrons. The van der Waals surface area contributed by atoms with Crippen molar-refractivity contribution in [2.24, 2.45) is 10.4 Å². The molecule has 1 spiro atoms. The molecular formula is C20H28ClN3O. The van der Waals surface area contributed by atoms with E-state index >= 15 is 0 Å². The van der Waals surface area contributed by atoms with E-state index in [0.29, 0.717) is 5.41 Å². The van der Waals surface area contributed by atoms with Crippen LogP contribution in [0.1, 0.15) is 38.2 Å². The number of benzene rings is 1. The van der Waals surface area contributed by atoms with E-state index in [2.05, 4.69) is 29.3 Å². The number of guanidine groups is 1. The number of rotatable bonds is 4. The van der Waals surface area contributed by atoms with Crippen molar-refractivity contribution in [1.29, 1.82) is 0 Å². The number of hydrogen-bond donors (Lipinski definition) is 1. The minimum Gasteiger partial charge on any atom is -0.381 e. The van der Waals surface area contributed by atoms with Gasteiger partial charge in [0.2, 0.25) is 0 Å². The fourth-order valence-corrected chi connectivity index (χ4v) is 4.36. The first-order valence-corrected chi connectivity index (χ1v) is 9.90. The molecule has 2 saturated heterocycles. The molecule has 4 rings (SSSR count). The van der Waals surface area contributed by atoms with Crippen molar-refractivity contribution in [3.63, 3.8) is 0 Å². The van der Waals surface area contributed by atoms with Gasteiger partial charge in [-0.05, 0) is 50.3 Å². The Labute approximate surface area is 155 Å². The number of nitrogens with zero attached hydrogens (tertiary/aromatic N) is 2. The summed E-state index contributed by atoms with van der Waals surface area (Å²) >= 11 is 6.04. The lowest BCUT2D eigenvalue weighted by Gasteiger charge is -2.25. The Morgan fingerprint density at radius 3 is 2.68 bits per heavy atom. The summed E-state index contributed by atoms with van der Waals surface area (Å²) in [5.41, 5.74) is 1.96. The maximum Gasteiger partial charge on any atom is 0.193 e. The molecule has 0 radical (unpaired) electrons.